The van der Waals surface area contributed by atoms with Gasteiger partial charge in [0.05, 0.1) is 6.54 Å². The predicted octanol–water partition coefficient (Wildman–Crippen LogP) is 3.23. The summed E-state index contributed by atoms with van der Waals surface area (Å²) in [5.41, 5.74) is 5.84. The van der Waals surface area contributed by atoms with Gasteiger partial charge in [-0.3, -0.25) is 9.69 Å². The molecule has 0 unspecified atom stereocenters. The topological polar surface area (TPSA) is 49.6 Å². The Kier molecular flexibility index (Phi) is 10.7. The molecule has 25 heavy (non-hydrogen) atoms. The Labute approximate surface area is 160 Å². The molecular weight excluding hydrogens is 378 g/mol. The molecule has 9 heteroatoms. The minimum atomic E-state index is -4.18. The Morgan fingerprint density at radius 3 is 2.16 bits per heavy atom. The van der Waals surface area contributed by atoms with Crippen LogP contribution in [-0.2, 0) is 4.79 Å². The van der Waals surface area contributed by atoms with Crippen LogP contribution in [0.25, 0.3) is 0 Å². The number of alkyl halides is 3. The molecule has 0 spiro atoms. The number of halogens is 5. The fourth-order valence-electron chi connectivity index (χ4n) is 3.82. The Hall–Kier alpha value is -0.240. The molecule has 4 nitrogen and oxygen atoms in total. The molecule has 1 heterocycles. The van der Waals surface area contributed by atoms with Crippen molar-refractivity contribution in [2.75, 3.05) is 39.3 Å². The Bertz CT molecular complexity index is 405. The van der Waals surface area contributed by atoms with Crippen LogP contribution >= 0.6 is 24.8 Å². The molecule has 0 atom stereocenters. The molecule has 0 aromatic rings. The van der Waals surface area contributed by atoms with Gasteiger partial charge in [-0.1, -0.05) is 19.3 Å². The van der Waals surface area contributed by atoms with E-state index in [0.29, 0.717) is 45.6 Å². The van der Waals surface area contributed by atoms with E-state index in [1.807, 2.05) is 0 Å². The van der Waals surface area contributed by atoms with Crippen LogP contribution in [0.1, 0.15) is 44.9 Å². The quantitative estimate of drug-likeness (QED) is 0.777. The molecule has 1 saturated heterocycles. The highest BCUT2D eigenvalue weighted by atomic mass is 35.5. The maximum atomic E-state index is 12.6. The number of carbonyl (C=O) groups excluding carboxylic acids is 1. The van der Waals surface area contributed by atoms with Gasteiger partial charge in [0.25, 0.3) is 0 Å². The van der Waals surface area contributed by atoms with Crippen LogP contribution in [0.3, 0.4) is 0 Å². The lowest BCUT2D eigenvalue weighted by Crippen LogP contribution is -2.42. The Morgan fingerprint density at radius 1 is 0.960 bits per heavy atom. The van der Waals surface area contributed by atoms with E-state index in [-0.39, 0.29) is 36.1 Å². The third-order valence-corrected chi connectivity index (χ3v) is 5.22. The lowest BCUT2D eigenvalue weighted by atomic mass is 9.71. The van der Waals surface area contributed by atoms with Gasteiger partial charge in [0, 0.05) is 32.6 Å². The molecular formula is C16H30Cl2F3N3O. The monoisotopic (exact) mass is 407 g/mol. The van der Waals surface area contributed by atoms with Crippen molar-refractivity contribution in [3.63, 3.8) is 0 Å². The zero-order valence-electron chi connectivity index (χ0n) is 14.5. The lowest BCUT2D eigenvalue weighted by molar-refractivity contribution is -0.145. The first-order valence-electron chi connectivity index (χ1n) is 8.61. The highest BCUT2D eigenvalue weighted by Gasteiger charge is 2.35. The number of nitrogens with zero attached hydrogens (tertiary/aromatic N) is 2. The van der Waals surface area contributed by atoms with E-state index in [1.54, 1.807) is 4.90 Å². The van der Waals surface area contributed by atoms with Crippen molar-refractivity contribution in [1.82, 2.24) is 9.80 Å². The number of rotatable bonds is 4. The van der Waals surface area contributed by atoms with Crippen LogP contribution in [0, 0.1) is 5.41 Å². The molecule has 0 bridgehead atoms. The first-order valence-corrected chi connectivity index (χ1v) is 8.61. The average Bonchev–Trinajstić information content (AvgIpc) is 2.72. The molecule has 0 radical (unpaired) electrons. The van der Waals surface area contributed by atoms with E-state index < -0.39 is 12.7 Å². The summed E-state index contributed by atoms with van der Waals surface area (Å²) in [4.78, 5) is 15.7. The number of hydrogen-bond acceptors (Lipinski definition) is 3. The molecule has 1 amide bonds. The van der Waals surface area contributed by atoms with Gasteiger partial charge >= 0.3 is 6.18 Å². The fraction of sp³-hybridized carbons (Fsp3) is 0.938. The van der Waals surface area contributed by atoms with E-state index >= 15 is 0 Å². The van der Waals surface area contributed by atoms with Gasteiger partial charge in [0.2, 0.25) is 5.91 Å². The standard InChI is InChI=1S/C16H28F3N3O.2ClH/c17-16(18,19)13-21-7-4-8-22(10-9-21)14(23)11-15(12-20)5-2-1-3-6-15;;/h1-13,20H2;2*1H. The van der Waals surface area contributed by atoms with Crippen molar-refractivity contribution >= 4 is 30.7 Å². The molecule has 2 N–H and O–H groups in total. The third-order valence-electron chi connectivity index (χ3n) is 5.22. The molecule has 1 saturated carbocycles. The van der Waals surface area contributed by atoms with Crippen LogP contribution in [-0.4, -0.2) is 61.2 Å². The molecule has 1 aliphatic carbocycles. The van der Waals surface area contributed by atoms with Crippen LogP contribution < -0.4 is 5.73 Å². The summed E-state index contributed by atoms with van der Waals surface area (Å²) in [6, 6.07) is 0. The van der Waals surface area contributed by atoms with Gasteiger partial charge in [0.1, 0.15) is 0 Å². The minimum absolute atomic E-state index is 0. The Balaban J connectivity index is 0.00000288. The highest BCUT2D eigenvalue weighted by molar-refractivity contribution is 5.85. The molecule has 2 rings (SSSR count). The summed E-state index contributed by atoms with van der Waals surface area (Å²) in [7, 11) is 0. The fourth-order valence-corrected chi connectivity index (χ4v) is 3.82. The van der Waals surface area contributed by atoms with E-state index in [1.165, 1.54) is 11.3 Å². The van der Waals surface area contributed by atoms with Gasteiger partial charge in [-0.2, -0.15) is 13.2 Å². The Morgan fingerprint density at radius 2 is 1.60 bits per heavy atom. The van der Waals surface area contributed by atoms with Gasteiger partial charge in [-0.15, -0.1) is 24.8 Å². The van der Waals surface area contributed by atoms with Crippen LogP contribution in [0.5, 0.6) is 0 Å². The van der Waals surface area contributed by atoms with Crippen molar-refractivity contribution in [3.05, 3.63) is 0 Å². The second kappa shape index (κ2) is 10.8. The van der Waals surface area contributed by atoms with Crippen molar-refractivity contribution in [1.29, 1.82) is 0 Å². The van der Waals surface area contributed by atoms with Gasteiger partial charge < -0.3 is 10.6 Å². The van der Waals surface area contributed by atoms with E-state index in [0.717, 1.165) is 25.7 Å². The first-order chi connectivity index (χ1) is 10.8. The van der Waals surface area contributed by atoms with E-state index in [9.17, 15) is 18.0 Å². The van der Waals surface area contributed by atoms with E-state index in [2.05, 4.69) is 0 Å². The number of nitrogens with two attached hydrogens (primary N) is 1. The largest absolute Gasteiger partial charge is 0.401 e. The van der Waals surface area contributed by atoms with Gasteiger partial charge in [-0.25, -0.2) is 0 Å². The SMILES string of the molecule is Cl.Cl.NCC1(CC(=O)N2CCCN(CC(F)(F)F)CC2)CCCCC1. The zero-order chi connectivity index (χ0) is 16.9. The minimum Gasteiger partial charge on any atom is -0.341 e. The second-order valence-electron chi connectivity index (χ2n) is 7.07. The molecule has 0 aromatic heterocycles. The highest BCUT2D eigenvalue weighted by Crippen LogP contribution is 2.38. The maximum Gasteiger partial charge on any atom is 0.401 e. The summed E-state index contributed by atoms with van der Waals surface area (Å²) < 4.78 is 37.5. The third kappa shape index (κ3) is 7.89. The second-order valence-corrected chi connectivity index (χ2v) is 7.07. The first kappa shape index (κ1) is 24.8. The summed E-state index contributed by atoms with van der Waals surface area (Å²) in [5.74, 6) is 0.0613. The van der Waals surface area contributed by atoms with Crippen LogP contribution in [0.4, 0.5) is 13.2 Å². The summed E-state index contributed by atoms with van der Waals surface area (Å²) in [6.07, 6.45) is 2.28. The van der Waals surface area contributed by atoms with E-state index in [4.69, 9.17) is 5.73 Å². The van der Waals surface area contributed by atoms with Crippen LogP contribution in [0.15, 0.2) is 0 Å². The number of hydrogen-bond donors (Lipinski definition) is 1. The summed E-state index contributed by atoms with van der Waals surface area (Å²) in [6.45, 7) is 1.25. The lowest BCUT2D eigenvalue weighted by Gasteiger charge is -2.37. The maximum absolute atomic E-state index is 12.6. The van der Waals surface area contributed by atoms with Gasteiger partial charge in [-0.05, 0) is 31.2 Å². The molecule has 2 fully saturated rings. The number of amides is 1. The summed E-state index contributed by atoms with van der Waals surface area (Å²) >= 11 is 0. The normalized spacial score (nSPS) is 21.7. The molecule has 2 aliphatic rings. The molecule has 0 aromatic carbocycles. The summed E-state index contributed by atoms with van der Waals surface area (Å²) in [5, 5.41) is 0. The van der Waals surface area contributed by atoms with Crippen molar-refractivity contribution in [2.24, 2.45) is 11.1 Å². The van der Waals surface area contributed by atoms with Crippen molar-refractivity contribution < 1.29 is 18.0 Å². The molecule has 1 aliphatic heterocycles. The van der Waals surface area contributed by atoms with Gasteiger partial charge in [0.15, 0.2) is 0 Å². The average molecular weight is 408 g/mol. The number of carbonyl (C=O) groups is 1. The predicted molar refractivity (Wildman–Crippen MR) is 97.4 cm³/mol. The smallest absolute Gasteiger partial charge is 0.341 e. The van der Waals surface area contributed by atoms with Crippen LogP contribution in [0.2, 0.25) is 0 Å². The van der Waals surface area contributed by atoms with Crippen molar-refractivity contribution in [2.45, 2.75) is 51.1 Å². The van der Waals surface area contributed by atoms with Crippen molar-refractivity contribution in [3.8, 4) is 0 Å². The molecule has 150 valence electrons. The zero-order valence-corrected chi connectivity index (χ0v) is 16.2.